The molecule has 2 aromatic rings. The van der Waals surface area contributed by atoms with Crippen molar-refractivity contribution in [3.05, 3.63) is 40.2 Å². The Balaban J connectivity index is 1.70. The lowest BCUT2D eigenvalue weighted by atomic mass is 10.1. The normalized spacial score (nSPS) is 17.7. The fourth-order valence-corrected chi connectivity index (χ4v) is 3.68. The summed E-state index contributed by atoms with van der Waals surface area (Å²) in [5, 5.41) is 7.41. The predicted octanol–water partition coefficient (Wildman–Crippen LogP) is 1.76. The molecule has 0 aromatic carbocycles. The molecular weight excluding hydrogens is 328 g/mol. The topological polar surface area (TPSA) is 75.9 Å². The van der Waals surface area contributed by atoms with Crippen LogP contribution in [-0.4, -0.2) is 44.1 Å². The number of nitrogens with one attached hydrogen (secondary N) is 1. The van der Waals surface area contributed by atoms with Crippen LogP contribution in [0, 0.1) is 20.8 Å². The predicted molar refractivity (Wildman–Crippen MR) is 99.6 cm³/mol. The Hall–Kier alpha value is -2.28. The molecule has 1 aliphatic rings. The average molecular weight is 356 g/mol. The van der Waals surface area contributed by atoms with Crippen LogP contribution in [0.15, 0.2) is 6.20 Å². The smallest absolute Gasteiger partial charge is 0.224 e. The zero-order valence-electron chi connectivity index (χ0n) is 16.3. The highest BCUT2D eigenvalue weighted by Crippen LogP contribution is 2.31. The van der Waals surface area contributed by atoms with E-state index in [0.29, 0.717) is 19.0 Å². The van der Waals surface area contributed by atoms with Crippen LogP contribution >= 0.6 is 0 Å². The van der Waals surface area contributed by atoms with E-state index in [9.17, 15) is 4.79 Å². The largest absolute Gasteiger partial charge is 0.352 e. The molecule has 0 spiro atoms. The molecule has 0 radical (unpaired) electrons. The molecule has 0 bridgehead atoms. The molecule has 3 rings (SSSR count). The van der Waals surface area contributed by atoms with Crippen molar-refractivity contribution in [1.82, 2.24) is 30.0 Å². The maximum absolute atomic E-state index is 12.5. The lowest BCUT2D eigenvalue weighted by Crippen LogP contribution is -2.27. The van der Waals surface area contributed by atoms with Gasteiger partial charge in [0, 0.05) is 36.6 Å². The van der Waals surface area contributed by atoms with Gasteiger partial charge in [-0.15, -0.1) is 0 Å². The molecule has 2 aromatic heterocycles. The third-order valence-corrected chi connectivity index (χ3v) is 5.33. The van der Waals surface area contributed by atoms with Gasteiger partial charge in [-0.05, 0) is 47.2 Å². The van der Waals surface area contributed by atoms with E-state index in [-0.39, 0.29) is 5.91 Å². The number of carbonyl (C=O) groups is 1. The van der Waals surface area contributed by atoms with Gasteiger partial charge in [0.1, 0.15) is 5.82 Å². The second-order valence-corrected chi connectivity index (χ2v) is 7.19. The molecular formula is C19H28N6O. The number of hydrogen-bond acceptors (Lipinski definition) is 5. The fraction of sp³-hybridized carbons (Fsp3) is 0.579. The summed E-state index contributed by atoms with van der Waals surface area (Å²) in [6, 6.07) is 0.311. The van der Waals surface area contributed by atoms with Crippen LogP contribution in [0.3, 0.4) is 0 Å². The van der Waals surface area contributed by atoms with E-state index < -0.39 is 0 Å². The van der Waals surface area contributed by atoms with Gasteiger partial charge in [0.05, 0.1) is 23.9 Å². The quantitative estimate of drug-likeness (QED) is 0.883. The number of aromatic nitrogens is 4. The maximum Gasteiger partial charge on any atom is 0.224 e. The molecule has 1 unspecified atom stereocenters. The van der Waals surface area contributed by atoms with Gasteiger partial charge in [-0.2, -0.15) is 5.10 Å². The number of likely N-dealkylation sites (tertiary alicyclic amines) is 1. The van der Waals surface area contributed by atoms with Crippen molar-refractivity contribution in [1.29, 1.82) is 0 Å². The lowest BCUT2D eigenvalue weighted by molar-refractivity contribution is -0.120. The number of amides is 1. The summed E-state index contributed by atoms with van der Waals surface area (Å²) in [5.41, 5.74) is 4.99. The minimum atomic E-state index is -0.00417. The standard InChI is InChI=1S/C19H28N6O/c1-12-16(13(2)25(5)23-12)9-18(26)21-11-15-10-20-14(3)22-19(15)17-7-6-8-24(17)4/h10,17H,6-9,11H2,1-5H3,(H,21,26). The van der Waals surface area contributed by atoms with Crippen LogP contribution in [0.1, 0.15) is 52.9 Å². The lowest BCUT2D eigenvalue weighted by Gasteiger charge is -2.21. The van der Waals surface area contributed by atoms with Crippen LogP contribution in [-0.2, 0) is 24.8 Å². The molecule has 1 saturated heterocycles. The van der Waals surface area contributed by atoms with Crippen molar-refractivity contribution >= 4 is 5.91 Å². The molecule has 1 amide bonds. The van der Waals surface area contributed by atoms with Gasteiger partial charge in [0.15, 0.2) is 0 Å². The summed E-state index contributed by atoms with van der Waals surface area (Å²) in [7, 11) is 4.03. The zero-order chi connectivity index (χ0) is 18.8. The van der Waals surface area contributed by atoms with E-state index in [4.69, 9.17) is 0 Å². The van der Waals surface area contributed by atoms with Crippen molar-refractivity contribution in [3.8, 4) is 0 Å². The fourth-order valence-electron chi connectivity index (χ4n) is 3.68. The molecule has 3 heterocycles. The third kappa shape index (κ3) is 3.77. The highest BCUT2D eigenvalue weighted by atomic mass is 16.1. The van der Waals surface area contributed by atoms with Crippen LogP contribution in [0.25, 0.3) is 0 Å². The second-order valence-electron chi connectivity index (χ2n) is 7.19. The van der Waals surface area contributed by atoms with Gasteiger partial charge in [-0.1, -0.05) is 0 Å². The molecule has 1 aliphatic heterocycles. The Kier molecular flexibility index (Phi) is 5.36. The van der Waals surface area contributed by atoms with Crippen LogP contribution in [0.4, 0.5) is 0 Å². The Morgan fingerprint density at radius 1 is 1.31 bits per heavy atom. The third-order valence-electron chi connectivity index (χ3n) is 5.33. The van der Waals surface area contributed by atoms with Crippen molar-refractivity contribution in [2.24, 2.45) is 7.05 Å². The molecule has 1 fully saturated rings. The minimum Gasteiger partial charge on any atom is -0.352 e. The minimum absolute atomic E-state index is 0.00417. The van der Waals surface area contributed by atoms with Gasteiger partial charge in [0.2, 0.25) is 5.91 Å². The number of hydrogen-bond donors (Lipinski definition) is 1. The number of aryl methyl sites for hydroxylation is 3. The van der Waals surface area contributed by atoms with Gasteiger partial charge in [-0.25, -0.2) is 9.97 Å². The van der Waals surface area contributed by atoms with Crippen LogP contribution in [0.2, 0.25) is 0 Å². The molecule has 1 N–H and O–H groups in total. The van der Waals surface area contributed by atoms with Gasteiger partial charge in [-0.3, -0.25) is 14.4 Å². The average Bonchev–Trinajstić information content (AvgIpc) is 3.12. The summed E-state index contributed by atoms with van der Waals surface area (Å²) >= 11 is 0. The molecule has 26 heavy (non-hydrogen) atoms. The van der Waals surface area contributed by atoms with Crippen molar-refractivity contribution in [2.75, 3.05) is 13.6 Å². The Labute approximate surface area is 154 Å². The van der Waals surface area contributed by atoms with Gasteiger partial charge >= 0.3 is 0 Å². The number of rotatable bonds is 5. The first-order valence-electron chi connectivity index (χ1n) is 9.15. The first-order valence-corrected chi connectivity index (χ1v) is 9.15. The Morgan fingerprint density at radius 2 is 2.08 bits per heavy atom. The van der Waals surface area contributed by atoms with E-state index in [0.717, 1.165) is 47.0 Å². The van der Waals surface area contributed by atoms with E-state index >= 15 is 0 Å². The van der Waals surface area contributed by atoms with Gasteiger partial charge in [0.25, 0.3) is 0 Å². The molecule has 140 valence electrons. The van der Waals surface area contributed by atoms with E-state index in [1.165, 1.54) is 6.42 Å². The first-order chi connectivity index (χ1) is 12.4. The zero-order valence-corrected chi connectivity index (χ0v) is 16.3. The van der Waals surface area contributed by atoms with E-state index in [1.54, 1.807) is 0 Å². The highest BCUT2D eigenvalue weighted by molar-refractivity contribution is 5.79. The maximum atomic E-state index is 12.5. The summed E-state index contributed by atoms with van der Waals surface area (Å²) in [4.78, 5) is 23.8. The first kappa shape index (κ1) is 18.5. The van der Waals surface area contributed by atoms with Crippen molar-refractivity contribution in [2.45, 2.75) is 52.6 Å². The van der Waals surface area contributed by atoms with Crippen LogP contribution < -0.4 is 5.32 Å². The van der Waals surface area contributed by atoms with Crippen molar-refractivity contribution in [3.63, 3.8) is 0 Å². The SMILES string of the molecule is Cc1ncc(CNC(=O)Cc2c(C)nn(C)c2C)c(C2CCCN2C)n1. The molecule has 1 atom stereocenters. The molecule has 7 nitrogen and oxygen atoms in total. The summed E-state index contributed by atoms with van der Waals surface area (Å²) in [6.45, 7) is 7.38. The Bertz CT molecular complexity index is 813. The number of nitrogens with zero attached hydrogens (tertiary/aromatic N) is 5. The molecule has 0 saturated carbocycles. The number of carbonyl (C=O) groups excluding carboxylic acids is 1. The van der Waals surface area contributed by atoms with E-state index in [2.05, 4.69) is 32.3 Å². The molecule has 7 heteroatoms. The monoisotopic (exact) mass is 356 g/mol. The van der Waals surface area contributed by atoms with Crippen molar-refractivity contribution < 1.29 is 4.79 Å². The Morgan fingerprint density at radius 3 is 2.69 bits per heavy atom. The van der Waals surface area contributed by atoms with Crippen LogP contribution in [0.5, 0.6) is 0 Å². The summed E-state index contributed by atoms with van der Waals surface area (Å²) in [6.07, 6.45) is 4.47. The highest BCUT2D eigenvalue weighted by Gasteiger charge is 2.26. The second kappa shape index (κ2) is 7.53. The molecule has 0 aliphatic carbocycles. The summed E-state index contributed by atoms with van der Waals surface area (Å²) < 4.78 is 1.82. The van der Waals surface area contributed by atoms with Gasteiger partial charge < -0.3 is 5.32 Å². The summed E-state index contributed by atoms with van der Waals surface area (Å²) in [5.74, 6) is 0.771. The van der Waals surface area contributed by atoms with E-state index in [1.807, 2.05) is 38.7 Å².